The number of carboxylic acid groups (broad SMARTS) is 1. The van der Waals surface area contributed by atoms with E-state index in [1.807, 2.05) is 0 Å². The molecule has 1 aromatic rings. The number of carbonyl (C=O) groups is 2. The van der Waals surface area contributed by atoms with Crippen molar-refractivity contribution in [2.24, 2.45) is 5.92 Å². The Labute approximate surface area is 141 Å². The van der Waals surface area contributed by atoms with Crippen molar-refractivity contribution in [1.29, 1.82) is 0 Å². The fourth-order valence-electron chi connectivity index (χ4n) is 3.16. The van der Waals surface area contributed by atoms with Gasteiger partial charge >= 0.3 is 5.97 Å². The lowest BCUT2D eigenvalue weighted by atomic mass is 10.0. The van der Waals surface area contributed by atoms with E-state index >= 15 is 0 Å². The minimum Gasteiger partial charge on any atom is -0.493 e. The first kappa shape index (κ1) is 17.8. The largest absolute Gasteiger partial charge is 0.493 e. The maximum absolute atomic E-state index is 12.6. The highest BCUT2D eigenvalue weighted by Gasteiger charge is 2.34. The second-order valence-electron chi connectivity index (χ2n) is 5.82. The zero-order valence-electron chi connectivity index (χ0n) is 14.0. The van der Waals surface area contributed by atoms with Crippen LogP contribution in [0.1, 0.15) is 35.2 Å². The van der Waals surface area contributed by atoms with E-state index in [1.54, 1.807) is 25.3 Å². The Balaban J connectivity index is 2.27. The second-order valence-corrected chi connectivity index (χ2v) is 5.82. The molecule has 6 nitrogen and oxygen atoms in total. The molecule has 24 heavy (non-hydrogen) atoms. The van der Waals surface area contributed by atoms with Gasteiger partial charge in [-0.2, -0.15) is 0 Å². The first-order chi connectivity index (χ1) is 11.5. The summed E-state index contributed by atoms with van der Waals surface area (Å²) in [5.41, 5.74) is 1.21. The van der Waals surface area contributed by atoms with Gasteiger partial charge in [0.1, 0.15) is 0 Å². The molecule has 1 saturated carbocycles. The maximum atomic E-state index is 12.6. The van der Waals surface area contributed by atoms with E-state index in [0.717, 1.165) is 12.0 Å². The highest BCUT2D eigenvalue weighted by Crippen LogP contribution is 2.33. The molecular weight excluding hydrogens is 310 g/mol. The summed E-state index contributed by atoms with van der Waals surface area (Å²) < 4.78 is 10.7. The molecule has 0 unspecified atom stereocenters. The number of nitrogens with one attached hydrogen (secondary N) is 1. The van der Waals surface area contributed by atoms with Crippen LogP contribution in [0.4, 0.5) is 0 Å². The lowest BCUT2D eigenvalue weighted by Gasteiger charge is -2.19. The molecule has 0 aliphatic heterocycles. The molecule has 1 fully saturated rings. The Morgan fingerprint density at radius 1 is 1.33 bits per heavy atom. The molecule has 2 rings (SSSR count). The van der Waals surface area contributed by atoms with Gasteiger partial charge in [0, 0.05) is 17.2 Å². The summed E-state index contributed by atoms with van der Waals surface area (Å²) in [4.78, 5) is 23.8. The lowest BCUT2D eigenvalue weighted by Crippen LogP contribution is -2.40. The van der Waals surface area contributed by atoms with Crippen LogP contribution in [0.2, 0.25) is 0 Å². The number of benzene rings is 1. The second kappa shape index (κ2) is 7.86. The number of aliphatic carboxylic acids is 1. The van der Waals surface area contributed by atoms with Crippen molar-refractivity contribution in [2.75, 3.05) is 14.2 Å². The minimum atomic E-state index is -0.863. The summed E-state index contributed by atoms with van der Waals surface area (Å²) in [6.07, 6.45) is 4.32. The summed E-state index contributed by atoms with van der Waals surface area (Å²) in [5.74, 6) is -0.667. The van der Waals surface area contributed by atoms with Crippen LogP contribution in [-0.4, -0.2) is 37.2 Å². The monoisotopic (exact) mass is 333 g/mol. The van der Waals surface area contributed by atoms with Crippen LogP contribution in [0.3, 0.4) is 0 Å². The quantitative estimate of drug-likeness (QED) is 0.749. The van der Waals surface area contributed by atoms with Crippen LogP contribution >= 0.6 is 0 Å². The summed E-state index contributed by atoms with van der Waals surface area (Å²) in [7, 11) is 3.05. The van der Waals surface area contributed by atoms with Crippen molar-refractivity contribution in [3.05, 3.63) is 35.9 Å². The van der Waals surface area contributed by atoms with Crippen molar-refractivity contribution in [2.45, 2.75) is 31.7 Å². The first-order valence-electron chi connectivity index (χ1n) is 7.91. The predicted molar refractivity (Wildman–Crippen MR) is 89.7 cm³/mol. The number of hydrogen-bond donors (Lipinski definition) is 2. The Morgan fingerprint density at radius 2 is 2.08 bits per heavy atom. The highest BCUT2D eigenvalue weighted by atomic mass is 16.5. The zero-order valence-corrected chi connectivity index (χ0v) is 14.0. The molecule has 0 heterocycles. The van der Waals surface area contributed by atoms with E-state index in [1.165, 1.54) is 7.11 Å². The number of ether oxygens (including phenoxy) is 2. The van der Waals surface area contributed by atoms with Crippen LogP contribution in [0.15, 0.2) is 24.8 Å². The predicted octanol–water partition coefficient (Wildman–Crippen LogP) is 2.42. The van der Waals surface area contributed by atoms with Crippen molar-refractivity contribution in [3.8, 4) is 11.5 Å². The van der Waals surface area contributed by atoms with Crippen molar-refractivity contribution < 1.29 is 24.2 Å². The van der Waals surface area contributed by atoms with Gasteiger partial charge in [0.15, 0.2) is 11.5 Å². The van der Waals surface area contributed by atoms with Crippen LogP contribution in [0.5, 0.6) is 11.5 Å². The Bertz CT molecular complexity index is 641. The number of rotatable bonds is 7. The summed E-state index contributed by atoms with van der Waals surface area (Å²) in [5, 5.41) is 12.1. The molecule has 1 aliphatic rings. The molecule has 2 N–H and O–H groups in total. The summed E-state index contributed by atoms with van der Waals surface area (Å²) >= 11 is 0. The van der Waals surface area contributed by atoms with Gasteiger partial charge in [-0.3, -0.25) is 9.59 Å². The standard InChI is InChI=1S/C18H23NO5/c1-4-6-11-9-12(10-15(23-2)16(11)24-3)17(20)19-14-8-5-7-13(14)18(21)22/h4,9-10,13-14H,1,5-8H2,2-3H3,(H,19,20)(H,21,22)/t13-,14+/m0/s1. The molecule has 0 radical (unpaired) electrons. The van der Waals surface area contributed by atoms with Crippen LogP contribution < -0.4 is 14.8 Å². The Morgan fingerprint density at radius 3 is 2.67 bits per heavy atom. The number of allylic oxidation sites excluding steroid dienone is 1. The maximum Gasteiger partial charge on any atom is 0.308 e. The molecule has 6 heteroatoms. The minimum absolute atomic E-state index is 0.306. The number of hydrogen-bond acceptors (Lipinski definition) is 4. The van der Waals surface area contributed by atoms with Gasteiger partial charge in [-0.05, 0) is 31.4 Å². The summed E-state index contributed by atoms with van der Waals surface area (Å²) in [6, 6.07) is 2.99. The van der Waals surface area contributed by atoms with E-state index < -0.39 is 11.9 Å². The fraction of sp³-hybridized carbons (Fsp3) is 0.444. The molecule has 1 aliphatic carbocycles. The number of amides is 1. The lowest BCUT2D eigenvalue weighted by molar-refractivity contribution is -0.142. The van der Waals surface area contributed by atoms with Crippen molar-refractivity contribution >= 4 is 11.9 Å². The third-order valence-corrected chi connectivity index (χ3v) is 4.33. The third kappa shape index (κ3) is 3.69. The molecule has 1 amide bonds. The van der Waals surface area contributed by atoms with Gasteiger partial charge in [-0.25, -0.2) is 0 Å². The van der Waals surface area contributed by atoms with E-state index in [2.05, 4.69) is 11.9 Å². The summed E-state index contributed by atoms with van der Waals surface area (Å²) in [6.45, 7) is 3.71. The van der Waals surface area contributed by atoms with Gasteiger partial charge in [-0.15, -0.1) is 6.58 Å². The van der Waals surface area contributed by atoms with Crippen LogP contribution in [-0.2, 0) is 11.2 Å². The van der Waals surface area contributed by atoms with Crippen molar-refractivity contribution in [3.63, 3.8) is 0 Å². The normalized spacial score (nSPS) is 19.6. The molecule has 130 valence electrons. The molecule has 0 bridgehead atoms. The molecular formula is C18H23NO5. The molecule has 0 spiro atoms. The van der Waals surface area contributed by atoms with E-state index in [4.69, 9.17) is 9.47 Å². The first-order valence-corrected chi connectivity index (χ1v) is 7.91. The molecule has 2 atom stereocenters. The highest BCUT2D eigenvalue weighted by molar-refractivity contribution is 5.95. The van der Waals surface area contributed by atoms with Crippen molar-refractivity contribution in [1.82, 2.24) is 5.32 Å². The average Bonchev–Trinajstić information content (AvgIpc) is 3.02. The van der Waals surface area contributed by atoms with E-state index in [-0.39, 0.29) is 11.9 Å². The SMILES string of the molecule is C=CCc1cc(C(=O)N[C@@H]2CCC[C@@H]2C(=O)O)cc(OC)c1OC. The van der Waals surface area contributed by atoms with E-state index in [9.17, 15) is 14.7 Å². The molecule has 0 aromatic heterocycles. The van der Waals surface area contributed by atoms with E-state index in [0.29, 0.717) is 36.3 Å². The van der Waals surface area contributed by atoms with Gasteiger partial charge in [0.05, 0.1) is 20.1 Å². The van der Waals surface area contributed by atoms with Crippen LogP contribution in [0.25, 0.3) is 0 Å². The third-order valence-electron chi connectivity index (χ3n) is 4.33. The molecule has 0 saturated heterocycles. The topological polar surface area (TPSA) is 84.9 Å². The number of methoxy groups -OCH3 is 2. The van der Waals surface area contributed by atoms with Gasteiger partial charge in [-0.1, -0.05) is 12.5 Å². The van der Waals surface area contributed by atoms with Gasteiger partial charge < -0.3 is 19.9 Å². The van der Waals surface area contributed by atoms with Gasteiger partial charge in [0.2, 0.25) is 0 Å². The average molecular weight is 333 g/mol. The Hall–Kier alpha value is -2.50. The Kier molecular flexibility index (Phi) is 5.84. The fourth-order valence-corrected chi connectivity index (χ4v) is 3.16. The smallest absolute Gasteiger partial charge is 0.308 e. The number of carbonyl (C=O) groups excluding carboxylic acids is 1. The van der Waals surface area contributed by atoms with Crippen LogP contribution in [0, 0.1) is 5.92 Å². The zero-order chi connectivity index (χ0) is 17.7. The molecule has 1 aromatic carbocycles. The number of carboxylic acids is 1. The van der Waals surface area contributed by atoms with Gasteiger partial charge in [0.25, 0.3) is 5.91 Å².